The third kappa shape index (κ3) is 4.11. The molecule has 2 saturated heterocycles. The highest BCUT2D eigenvalue weighted by Crippen LogP contribution is 2.26. The van der Waals surface area contributed by atoms with E-state index in [0.29, 0.717) is 26.3 Å². The number of hydrogen-bond donors (Lipinski definition) is 3. The van der Waals surface area contributed by atoms with E-state index in [-0.39, 0.29) is 24.6 Å². The molecule has 134 valence electrons. The average molecular weight is 340 g/mol. The van der Waals surface area contributed by atoms with Crippen LogP contribution in [0.1, 0.15) is 5.56 Å². The van der Waals surface area contributed by atoms with Gasteiger partial charge in [-0.25, -0.2) is 4.39 Å². The first kappa shape index (κ1) is 17.7. The Morgan fingerprint density at radius 1 is 1.17 bits per heavy atom. The second-order valence-corrected chi connectivity index (χ2v) is 6.28. The topological polar surface area (TPSA) is 74.2 Å². The van der Waals surface area contributed by atoms with Crippen molar-refractivity contribution in [2.75, 3.05) is 39.5 Å². The van der Waals surface area contributed by atoms with E-state index in [1.54, 1.807) is 12.1 Å². The van der Waals surface area contributed by atoms with Crippen molar-refractivity contribution in [3.05, 3.63) is 35.6 Å². The summed E-state index contributed by atoms with van der Waals surface area (Å²) in [5, 5.41) is 23.2. The third-order valence-corrected chi connectivity index (χ3v) is 4.70. The molecule has 4 atom stereocenters. The minimum Gasteiger partial charge on any atom is -0.394 e. The van der Waals surface area contributed by atoms with E-state index < -0.39 is 12.2 Å². The predicted octanol–water partition coefficient (Wildman–Crippen LogP) is -0.263. The molecule has 1 aromatic rings. The van der Waals surface area contributed by atoms with E-state index in [1.807, 2.05) is 0 Å². The minimum atomic E-state index is -0.717. The van der Waals surface area contributed by atoms with Gasteiger partial charge < -0.3 is 25.0 Å². The van der Waals surface area contributed by atoms with Gasteiger partial charge in [-0.05, 0) is 17.7 Å². The Bertz CT molecular complexity index is 510. The summed E-state index contributed by atoms with van der Waals surface area (Å²) in [7, 11) is 0. The third-order valence-electron chi connectivity index (χ3n) is 4.70. The fraction of sp³-hybridized carbons (Fsp3) is 0.647. The Morgan fingerprint density at radius 2 is 1.88 bits per heavy atom. The van der Waals surface area contributed by atoms with Crippen LogP contribution >= 0.6 is 0 Å². The summed E-state index contributed by atoms with van der Waals surface area (Å²) < 4.78 is 24.1. The lowest BCUT2D eigenvalue weighted by Gasteiger charge is -2.36. The van der Waals surface area contributed by atoms with Crippen molar-refractivity contribution in [1.82, 2.24) is 10.2 Å². The number of morpholine rings is 1. The van der Waals surface area contributed by atoms with Gasteiger partial charge in [0.05, 0.1) is 32.0 Å². The SMILES string of the molecule is OCC1OC(CNCc2ccc(F)cc2)C(N2CCOCC2)C1O. The van der Waals surface area contributed by atoms with Crippen molar-refractivity contribution in [3.8, 4) is 0 Å². The van der Waals surface area contributed by atoms with Crippen LogP contribution in [0.4, 0.5) is 4.39 Å². The highest BCUT2D eigenvalue weighted by molar-refractivity contribution is 5.15. The number of halogens is 1. The van der Waals surface area contributed by atoms with Gasteiger partial charge in [0.1, 0.15) is 18.0 Å². The first-order valence-electron chi connectivity index (χ1n) is 8.40. The Morgan fingerprint density at radius 3 is 2.54 bits per heavy atom. The highest BCUT2D eigenvalue weighted by Gasteiger charge is 2.46. The lowest BCUT2D eigenvalue weighted by Crippen LogP contribution is -2.54. The van der Waals surface area contributed by atoms with Crippen molar-refractivity contribution < 1.29 is 24.1 Å². The molecule has 24 heavy (non-hydrogen) atoms. The molecule has 2 aliphatic rings. The maximum absolute atomic E-state index is 12.9. The van der Waals surface area contributed by atoms with Gasteiger partial charge in [-0.2, -0.15) is 0 Å². The summed E-state index contributed by atoms with van der Waals surface area (Å²) in [6, 6.07) is 6.19. The molecule has 7 heteroatoms. The van der Waals surface area contributed by atoms with Gasteiger partial charge in [-0.3, -0.25) is 4.90 Å². The number of nitrogens with zero attached hydrogens (tertiary/aromatic N) is 1. The van der Waals surface area contributed by atoms with Gasteiger partial charge in [0.2, 0.25) is 0 Å². The first-order chi connectivity index (χ1) is 11.7. The second kappa shape index (κ2) is 8.33. The molecule has 0 spiro atoms. The van der Waals surface area contributed by atoms with E-state index in [4.69, 9.17) is 9.47 Å². The molecular formula is C17H25FN2O4. The van der Waals surface area contributed by atoms with E-state index >= 15 is 0 Å². The zero-order valence-corrected chi connectivity index (χ0v) is 13.6. The van der Waals surface area contributed by atoms with Crippen LogP contribution in [0.5, 0.6) is 0 Å². The molecule has 0 radical (unpaired) electrons. The molecule has 4 unspecified atom stereocenters. The number of nitrogens with one attached hydrogen (secondary N) is 1. The van der Waals surface area contributed by atoms with E-state index in [1.165, 1.54) is 12.1 Å². The molecule has 0 aromatic heterocycles. The van der Waals surface area contributed by atoms with Gasteiger partial charge >= 0.3 is 0 Å². The number of hydrogen-bond acceptors (Lipinski definition) is 6. The average Bonchev–Trinajstić information content (AvgIpc) is 2.93. The van der Waals surface area contributed by atoms with Crippen molar-refractivity contribution in [2.45, 2.75) is 30.9 Å². The standard InChI is InChI=1S/C17H25FN2O4/c18-13-3-1-12(2-4-13)9-19-10-14-16(17(22)15(11-21)24-14)20-5-7-23-8-6-20/h1-4,14-17,19,21-22H,5-11H2. The summed E-state index contributed by atoms with van der Waals surface area (Å²) in [6.07, 6.45) is -1.49. The fourth-order valence-electron chi connectivity index (χ4n) is 3.43. The quantitative estimate of drug-likeness (QED) is 0.662. The normalized spacial score (nSPS) is 31.5. The van der Waals surface area contributed by atoms with Crippen LogP contribution < -0.4 is 5.32 Å². The molecule has 3 rings (SSSR count). The Balaban J connectivity index is 1.57. The number of aliphatic hydroxyl groups excluding tert-OH is 2. The van der Waals surface area contributed by atoms with Gasteiger partial charge in [-0.1, -0.05) is 12.1 Å². The van der Waals surface area contributed by atoms with Crippen molar-refractivity contribution in [1.29, 1.82) is 0 Å². The Kier molecular flexibility index (Phi) is 6.15. The fourth-order valence-corrected chi connectivity index (χ4v) is 3.43. The molecule has 2 heterocycles. The van der Waals surface area contributed by atoms with Crippen LogP contribution in [0, 0.1) is 5.82 Å². The van der Waals surface area contributed by atoms with E-state index in [2.05, 4.69) is 10.2 Å². The molecule has 0 saturated carbocycles. The monoisotopic (exact) mass is 340 g/mol. The molecule has 0 bridgehead atoms. The van der Waals surface area contributed by atoms with Crippen LogP contribution in [0.3, 0.4) is 0 Å². The molecule has 2 aliphatic heterocycles. The van der Waals surface area contributed by atoms with Crippen LogP contribution in [-0.4, -0.2) is 78.9 Å². The highest BCUT2D eigenvalue weighted by atomic mass is 19.1. The Labute approximate surface area is 141 Å². The molecule has 0 aliphatic carbocycles. The molecular weight excluding hydrogens is 315 g/mol. The Hall–Kier alpha value is -1.09. The first-order valence-corrected chi connectivity index (χ1v) is 8.40. The molecule has 0 amide bonds. The maximum Gasteiger partial charge on any atom is 0.123 e. The summed E-state index contributed by atoms with van der Waals surface area (Å²) >= 11 is 0. The van der Waals surface area contributed by atoms with Crippen molar-refractivity contribution in [2.24, 2.45) is 0 Å². The number of rotatable bonds is 6. The number of aliphatic hydroxyl groups is 2. The summed E-state index contributed by atoms with van der Waals surface area (Å²) in [5.41, 5.74) is 0.983. The van der Waals surface area contributed by atoms with Crippen molar-refractivity contribution in [3.63, 3.8) is 0 Å². The van der Waals surface area contributed by atoms with Crippen LogP contribution in [0.15, 0.2) is 24.3 Å². The summed E-state index contributed by atoms with van der Waals surface area (Å²) in [4.78, 5) is 2.17. The van der Waals surface area contributed by atoms with Crippen LogP contribution in [0.25, 0.3) is 0 Å². The lowest BCUT2D eigenvalue weighted by atomic mass is 10.0. The molecule has 3 N–H and O–H groups in total. The van der Waals surface area contributed by atoms with Crippen molar-refractivity contribution >= 4 is 0 Å². The van der Waals surface area contributed by atoms with Gasteiger partial charge in [0.25, 0.3) is 0 Å². The zero-order chi connectivity index (χ0) is 16.9. The van der Waals surface area contributed by atoms with Gasteiger partial charge in [0.15, 0.2) is 0 Å². The molecule has 6 nitrogen and oxygen atoms in total. The van der Waals surface area contributed by atoms with Crippen LogP contribution in [-0.2, 0) is 16.0 Å². The molecule has 1 aromatic carbocycles. The maximum atomic E-state index is 12.9. The zero-order valence-electron chi connectivity index (χ0n) is 13.6. The van der Waals surface area contributed by atoms with E-state index in [9.17, 15) is 14.6 Å². The predicted molar refractivity (Wildman–Crippen MR) is 86.0 cm³/mol. The van der Waals surface area contributed by atoms with Gasteiger partial charge in [-0.15, -0.1) is 0 Å². The lowest BCUT2D eigenvalue weighted by molar-refractivity contribution is -0.0225. The van der Waals surface area contributed by atoms with Crippen LogP contribution in [0.2, 0.25) is 0 Å². The summed E-state index contributed by atoms with van der Waals surface area (Å²) in [5.74, 6) is -0.251. The van der Waals surface area contributed by atoms with E-state index in [0.717, 1.165) is 18.7 Å². The largest absolute Gasteiger partial charge is 0.394 e. The summed E-state index contributed by atoms with van der Waals surface area (Å²) in [6.45, 7) is 3.72. The second-order valence-electron chi connectivity index (χ2n) is 6.28. The minimum absolute atomic E-state index is 0.160. The number of ether oxygens (including phenoxy) is 2. The molecule has 2 fully saturated rings. The van der Waals surface area contributed by atoms with Gasteiger partial charge in [0, 0.05) is 26.2 Å². The number of benzene rings is 1. The smallest absolute Gasteiger partial charge is 0.123 e.